The summed E-state index contributed by atoms with van der Waals surface area (Å²) in [5, 5.41) is 3.65. The lowest BCUT2D eigenvalue weighted by Crippen LogP contribution is -2.32. The molecule has 1 N–H and O–H groups in total. The molecule has 1 aromatic carbocycles. The van der Waals surface area contributed by atoms with Gasteiger partial charge in [0.1, 0.15) is 0 Å². The summed E-state index contributed by atoms with van der Waals surface area (Å²) in [5.41, 5.74) is 2.57. The van der Waals surface area contributed by atoms with Crippen molar-refractivity contribution in [2.24, 2.45) is 0 Å². The second-order valence-electron chi connectivity index (χ2n) is 5.66. The monoisotopic (exact) mass is 309 g/mol. The van der Waals surface area contributed by atoms with Crippen LogP contribution in [0.25, 0.3) is 0 Å². The van der Waals surface area contributed by atoms with Gasteiger partial charge in [-0.05, 0) is 37.4 Å². The Morgan fingerprint density at radius 1 is 1.33 bits per heavy atom. The van der Waals surface area contributed by atoms with E-state index in [4.69, 9.17) is 4.74 Å². The standard InChI is InChI=1S/C17H27NO2S/c1-4-14-6-8-15(9-7-14)16(18-5-2)12-21(19)17-10-11-20-13(17)3/h6-9,13,16-18H,4-5,10-12H2,1-3H3. The van der Waals surface area contributed by atoms with Gasteiger partial charge in [-0.2, -0.15) is 0 Å². The van der Waals surface area contributed by atoms with Gasteiger partial charge in [0.05, 0.1) is 11.4 Å². The van der Waals surface area contributed by atoms with Crippen molar-refractivity contribution >= 4 is 10.8 Å². The fourth-order valence-corrected chi connectivity index (χ4v) is 4.60. The number of hydrogen-bond donors (Lipinski definition) is 1. The normalized spacial score (nSPS) is 24.9. The summed E-state index contributed by atoms with van der Waals surface area (Å²) >= 11 is 0. The first-order valence-electron chi connectivity index (χ1n) is 7.96. The van der Waals surface area contributed by atoms with Gasteiger partial charge in [-0.1, -0.05) is 38.1 Å². The molecule has 1 saturated heterocycles. The highest BCUT2D eigenvalue weighted by Crippen LogP contribution is 2.23. The molecule has 1 heterocycles. The summed E-state index contributed by atoms with van der Waals surface area (Å²) in [6, 6.07) is 8.83. The molecule has 4 unspecified atom stereocenters. The smallest absolute Gasteiger partial charge is 0.0691 e. The van der Waals surface area contributed by atoms with Gasteiger partial charge in [-0.15, -0.1) is 0 Å². The lowest BCUT2D eigenvalue weighted by molar-refractivity contribution is 0.127. The van der Waals surface area contributed by atoms with E-state index < -0.39 is 10.8 Å². The highest BCUT2D eigenvalue weighted by atomic mass is 32.2. The predicted octanol–water partition coefficient (Wildman–Crippen LogP) is 2.83. The van der Waals surface area contributed by atoms with E-state index in [0.29, 0.717) is 5.75 Å². The van der Waals surface area contributed by atoms with E-state index in [9.17, 15) is 4.21 Å². The molecule has 118 valence electrons. The molecule has 4 heteroatoms. The molecule has 21 heavy (non-hydrogen) atoms. The lowest BCUT2D eigenvalue weighted by atomic mass is 10.0. The minimum Gasteiger partial charge on any atom is -0.377 e. The van der Waals surface area contributed by atoms with E-state index in [-0.39, 0.29) is 17.4 Å². The third kappa shape index (κ3) is 4.38. The quantitative estimate of drug-likeness (QED) is 0.842. The van der Waals surface area contributed by atoms with Gasteiger partial charge in [0.15, 0.2) is 0 Å². The maximum atomic E-state index is 12.6. The first-order chi connectivity index (χ1) is 10.2. The molecular weight excluding hydrogens is 282 g/mol. The largest absolute Gasteiger partial charge is 0.377 e. The molecule has 0 saturated carbocycles. The average molecular weight is 309 g/mol. The van der Waals surface area contributed by atoms with Gasteiger partial charge in [0.25, 0.3) is 0 Å². The highest BCUT2D eigenvalue weighted by Gasteiger charge is 2.31. The molecule has 1 aromatic rings. The van der Waals surface area contributed by atoms with Crippen molar-refractivity contribution in [2.45, 2.75) is 51.0 Å². The van der Waals surface area contributed by atoms with Crippen LogP contribution in [0.15, 0.2) is 24.3 Å². The van der Waals surface area contributed by atoms with Crippen molar-refractivity contribution in [2.75, 3.05) is 18.9 Å². The molecule has 0 aliphatic carbocycles. The number of benzene rings is 1. The maximum absolute atomic E-state index is 12.6. The first kappa shape index (κ1) is 16.7. The Morgan fingerprint density at radius 3 is 2.57 bits per heavy atom. The van der Waals surface area contributed by atoms with Crippen molar-refractivity contribution in [1.29, 1.82) is 0 Å². The first-order valence-corrected chi connectivity index (χ1v) is 9.34. The third-order valence-corrected chi connectivity index (χ3v) is 6.17. The Morgan fingerprint density at radius 2 is 2.05 bits per heavy atom. The zero-order valence-electron chi connectivity index (χ0n) is 13.3. The summed E-state index contributed by atoms with van der Waals surface area (Å²) in [4.78, 5) is 0. The Balaban J connectivity index is 2.05. The van der Waals surface area contributed by atoms with Gasteiger partial charge >= 0.3 is 0 Å². The van der Waals surface area contributed by atoms with Crippen molar-refractivity contribution in [3.05, 3.63) is 35.4 Å². The topological polar surface area (TPSA) is 38.3 Å². The fraction of sp³-hybridized carbons (Fsp3) is 0.647. The summed E-state index contributed by atoms with van der Waals surface area (Å²) in [7, 11) is -0.852. The molecule has 0 bridgehead atoms. The van der Waals surface area contributed by atoms with E-state index in [1.807, 2.05) is 6.92 Å². The van der Waals surface area contributed by atoms with Crippen molar-refractivity contribution in [3.63, 3.8) is 0 Å². The minimum atomic E-state index is -0.852. The van der Waals surface area contributed by atoms with Crippen molar-refractivity contribution in [1.82, 2.24) is 5.32 Å². The second kappa shape index (κ2) is 8.06. The van der Waals surface area contributed by atoms with E-state index in [1.165, 1.54) is 11.1 Å². The van der Waals surface area contributed by atoms with Crippen LogP contribution in [0.4, 0.5) is 0 Å². The summed E-state index contributed by atoms with van der Waals surface area (Å²) in [5.74, 6) is 0.664. The lowest BCUT2D eigenvalue weighted by Gasteiger charge is -2.21. The zero-order valence-corrected chi connectivity index (χ0v) is 14.1. The minimum absolute atomic E-state index is 0.121. The summed E-state index contributed by atoms with van der Waals surface area (Å²) in [6.45, 7) is 7.92. The summed E-state index contributed by atoms with van der Waals surface area (Å²) in [6.07, 6.45) is 2.09. The van der Waals surface area contributed by atoms with Crippen LogP contribution >= 0.6 is 0 Å². The van der Waals surface area contributed by atoms with Crippen LogP contribution in [-0.4, -0.2) is 34.5 Å². The molecule has 4 atom stereocenters. The third-order valence-electron chi connectivity index (χ3n) is 4.22. The molecule has 1 aliphatic rings. The number of hydrogen-bond acceptors (Lipinski definition) is 3. The molecule has 0 amide bonds. The molecule has 2 rings (SSSR count). The Bertz CT molecular complexity index is 460. The van der Waals surface area contributed by atoms with Crippen LogP contribution < -0.4 is 5.32 Å². The van der Waals surface area contributed by atoms with Crippen molar-refractivity contribution in [3.8, 4) is 0 Å². The molecule has 3 nitrogen and oxygen atoms in total. The zero-order chi connectivity index (χ0) is 15.2. The Kier molecular flexibility index (Phi) is 6.40. The molecule has 0 spiro atoms. The van der Waals surface area contributed by atoms with E-state index in [1.54, 1.807) is 0 Å². The van der Waals surface area contributed by atoms with Crippen molar-refractivity contribution < 1.29 is 8.95 Å². The number of aryl methyl sites for hydroxylation is 1. The van der Waals surface area contributed by atoms with E-state index in [0.717, 1.165) is 26.0 Å². The van der Waals surface area contributed by atoms with Crippen LogP contribution in [0.3, 0.4) is 0 Å². The van der Waals surface area contributed by atoms with Gasteiger partial charge in [-0.3, -0.25) is 4.21 Å². The molecule has 0 radical (unpaired) electrons. The molecule has 1 fully saturated rings. The fourth-order valence-electron chi connectivity index (χ4n) is 2.85. The SMILES string of the molecule is CCNC(CS(=O)C1CCOC1C)c1ccc(CC)cc1. The van der Waals surface area contributed by atoms with Gasteiger partial charge in [0, 0.05) is 29.2 Å². The predicted molar refractivity (Wildman–Crippen MR) is 89.1 cm³/mol. The van der Waals surface area contributed by atoms with Crippen LogP contribution in [0.2, 0.25) is 0 Å². The number of nitrogens with one attached hydrogen (secondary N) is 1. The van der Waals surface area contributed by atoms with Gasteiger partial charge in [-0.25, -0.2) is 0 Å². The van der Waals surface area contributed by atoms with Gasteiger partial charge < -0.3 is 10.1 Å². The van der Waals surface area contributed by atoms with Crippen LogP contribution in [0.5, 0.6) is 0 Å². The Labute approximate surface area is 130 Å². The highest BCUT2D eigenvalue weighted by molar-refractivity contribution is 7.85. The number of ether oxygens (including phenoxy) is 1. The van der Waals surface area contributed by atoms with E-state index >= 15 is 0 Å². The maximum Gasteiger partial charge on any atom is 0.0691 e. The number of rotatable bonds is 7. The Hall–Kier alpha value is -0.710. The summed E-state index contributed by atoms with van der Waals surface area (Å²) < 4.78 is 18.2. The molecule has 0 aromatic heterocycles. The average Bonchev–Trinajstić information content (AvgIpc) is 2.93. The van der Waals surface area contributed by atoms with Crippen LogP contribution in [0.1, 0.15) is 44.4 Å². The molecular formula is C17H27NO2S. The molecule has 1 aliphatic heterocycles. The second-order valence-corrected chi connectivity index (χ2v) is 7.36. The van der Waals surface area contributed by atoms with Crippen LogP contribution in [0, 0.1) is 0 Å². The van der Waals surface area contributed by atoms with Gasteiger partial charge in [0.2, 0.25) is 0 Å². The van der Waals surface area contributed by atoms with E-state index in [2.05, 4.69) is 43.4 Å². The van der Waals surface area contributed by atoms with Crippen LogP contribution in [-0.2, 0) is 22.0 Å².